The number of piperidine rings is 1. The first kappa shape index (κ1) is 14.8. The number of nitrogens with one attached hydrogen (secondary N) is 1. The molecular weight excluding hydrogens is 256 g/mol. The van der Waals surface area contributed by atoms with Gasteiger partial charge in [0.2, 0.25) is 0 Å². The van der Waals surface area contributed by atoms with Crippen molar-refractivity contribution in [1.82, 2.24) is 10.2 Å². The molecule has 2 rings (SSSR count). The Kier molecular flexibility index (Phi) is 5.26. The molecule has 1 fully saturated rings. The highest BCUT2D eigenvalue weighted by molar-refractivity contribution is 6.30. The quantitative estimate of drug-likeness (QED) is 0.901. The van der Waals surface area contributed by atoms with E-state index in [1.54, 1.807) is 0 Å². The summed E-state index contributed by atoms with van der Waals surface area (Å²) >= 11 is 6.05. The molecule has 19 heavy (non-hydrogen) atoms. The first-order chi connectivity index (χ1) is 9.06. The summed E-state index contributed by atoms with van der Waals surface area (Å²) in [5.41, 5.74) is 1.28. The molecule has 0 bridgehead atoms. The Morgan fingerprint density at radius 3 is 2.47 bits per heavy atom. The van der Waals surface area contributed by atoms with Gasteiger partial charge in [-0.25, -0.2) is 0 Å². The van der Waals surface area contributed by atoms with Crippen molar-refractivity contribution >= 4 is 11.6 Å². The van der Waals surface area contributed by atoms with E-state index in [2.05, 4.69) is 43.1 Å². The number of rotatable bonds is 4. The number of hydrogen-bond donors (Lipinski definition) is 1. The van der Waals surface area contributed by atoms with Crippen LogP contribution in [0, 0.1) is 0 Å². The van der Waals surface area contributed by atoms with Crippen LogP contribution >= 0.6 is 11.6 Å². The van der Waals surface area contributed by atoms with Gasteiger partial charge in [-0.2, -0.15) is 0 Å². The van der Waals surface area contributed by atoms with E-state index in [1.165, 1.54) is 31.5 Å². The van der Waals surface area contributed by atoms with Crippen LogP contribution < -0.4 is 5.32 Å². The second kappa shape index (κ2) is 6.74. The van der Waals surface area contributed by atoms with Gasteiger partial charge in [0.05, 0.1) is 0 Å². The van der Waals surface area contributed by atoms with Crippen molar-refractivity contribution in [3.63, 3.8) is 0 Å². The predicted molar refractivity (Wildman–Crippen MR) is 82.7 cm³/mol. The molecule has 0 saturated carbocycles. The van der Waals surface area contributed by atoms with Crippen molar-refractivity contribution in [2.75, 3.05) is 13.1 Å². The minimum Gasteiger partial charge on any atom is -0.307 e. The summed E-state index contributed by atoms with van der Waals surface area (Å²) in [6.45, 7) is 9.19. The minimum atomic E-state index is 0.370. The summed E-state index contributed by atoms with van der Waals surface area (Å²) in [4.78, 5) is 2.56. The van der Waals surface area contributed by atoms with Crippen LogP contribution in [-0.2, 0) is 0 Å². The summed E-state index contributed by atoms with van der Waals surface area (Å²) in [7, 11) is 0. The number of halogens is 1. The maximum atomic E-state index is 6.05. The molecule has 2 nitrogen and oxygen atoms in total. The van der Waals surface area contributed by atoms with Crippen LogP contribution in [0.5, 0.6) is 0 Å². The molecule has 0 aromatic heterocycles. The number of nitrogens with zero attached hydrogens (tertiary/aromatic N) is 1. The van der Waals surface area contributed by atoms with Crippen LogP contribution in [-0.4, -0.2) is 30.1 Å². The van der Waals surface area contributed by atoms with E-state index in [1.807, 2.05) is 12.1 Å². The van der Waals surface area contributed by atoms with Crippen LogP contribution in [0.25, 0.3) is 0 Å². The number of likely N-dealkylation sites (tertiary alicyclic amines) is 1. The normalized spacial score (nSPS) is 19.8. The van der Waals surface area contributed by atoms with E-state index in [-0.39, 0.29) is 0 Å². The maximum Gasteiger partial charge on any atom is 0.0409 e. The van der Waals surface area contributed by atoms with Gasteiger partial charge in [-0.15, -0.1) is 0 Å². The van der Waals surface area contributed by atoms with Gasteiger partial charge < -0.3 is 10.2 Å². The van der Waals surface area contributed by atoms with Crippen LogP contribution in [0.15, 0.2) is 24.3 Å². The van der Waals surface area contributed by atoms with E-state index in [0.717, 1.165) is 5.02 Å². The standard InChI is InChI=1S/C16H25ClN2/c1-12(2)19-9-7-16(8-10-19)18-13(3)14-5-4-6-15(17)11-14/h4-6,11-13,16,18H,7-10H2,1-3H3/t13-/m1/s1. The Morgan fingerprint density at radius 2 is 1.89 bits per heavy atom. The Balaban J connectivity index is 1.85. The van der Waals surface area contributed by atoms with Crippen LogP contribution in [0.4, 0.5) is 0 Å². The molecule has 106 valence electrons. The van der Waals surface area contributed by atoms with Crippen molar-refractivity contribution in [2.45, 2.75) is 51.7 Å². The third-order valence-electron chi connectivity index (χ3n) is 4.09. The lowest BCUT2D eigenvalue weighted by molar-refractivity contribution is 0.157. The van der Waals surface area contributed by atoms with Crippen molar-refractivity contribution < 1.29 is 0 Å². The zero-order chi connectivity index (χ0) is 13.8. The van der Waals surface area contributed by atoms with Crippen LogP contribution in [0.2, 0.25) is 5.02 Å². The van der Waals surface area contributed by atoms with Crippen molar-refractivity contribution in [2.24, 2.45) is 0 Å². The van der Waals surface area contributed by atoms with E-state index in [4.69, 9.17) is 11.6 Å². The van der Waals surface area contributed by atoms with Crippen molar-refractivity contribution in [3.8, 4) is 0 Å². The zero-order valence-electron chi connectivity index (χ0n) is 12.2. The van der Waals surface area contributed by atoms with E-state index >= 15 is 0 Å². The Labute approximate surface area is 122 Å². The Bertz CT molecular complexity index is 397. The molecule has 0 unspecified atom stereocenters. The molecule has 0 spiro atoms. The molecule has 1 atom stereocenters. The first-order valence-electron chi connectivity index (χ1n) is 7.32. The van der Waals surface area contributed by atoms with Crippen LogP contribution in [0.3, 0.4) is 0 Å². The van der Waals surface area contributed by atoms with Gasteiger partial charge in [0.15, 0.2) is 0 Å². The fourth-order valence-electron chi connectivity index (χ4n) is 2.81. The fourth-order valence-corrected chi connectivity index (χ4v) is 3.01. The van der Waals surface area contributed by atoms with Gasteiger partial charge in [0.25, 0.3) is 0 Å². The second-order valence-electron chi connectivity index (χ2n) is 5.85. The summed E-state index contributed by atoms with van der Waals surface area (Å²) in [5, 5.41) is 4.56. The largest absolute Gasteiger partial charge is 0.307 e. The molecule has 1 heterocycles. The molecule has 1 aromatic carbocycles. The molecule has 3 heteroatoms. The summed E-state index contributed by atoms with van der Waals surface area (Å²) in [6, 6.07) is 9.83. The molecule has 1 aliphatic rings. The van der Waals surface area contributed by atoms with Gasteiger partial charge in [0.1, 0.15) is 0 Å². The third-order valence-corrected chi connectivity index (χ3v) is 4.33. The third kappa shape index (κ3) is 4.20. The summed E-state index contributed by atoms with van der Waals surface area (Å²) in [6.07, 6.45) is 2.48. The number of benzene rings is 1. The van der Waals surface area contributed by atoms with E-state index in [9.17, 15) is 0 Å². The average molecular weight is 281 g/mol. The highest BCUT2D eigenvalue weighted by atomic mass is 35.5. The summed E-state index contributed by atoms with van der Waals surface area (Å²) in [5.74, 6) is 0. The SMILES string of the molecule is CC(C)N1CCC(N[C@H](C)c2cccc(Cl)c2)CC1. The van der Waals surface area contributed by atoms with Gasteiger partial charge in [-0.05, 0) is 64.4 Å². The smallest absolute Gasteiger partial charge is 0.0409 e. The van der Waals surface area contributed by atoms with Gasteiger partial charge >= 0.3 is 0 Å². The molecular formula is C16H25ClN2. The monoisotopic (exact) mass is 280 g/mol. The lowest BCUT2D eigenvalue weighted by Crippen LogP contribution is -2.45. The van der Waals surface area contributed by atoms with Crippen LogP contribution in [0.1, 0.15) is 45.2 Å². The van der Waals surface area contributed by atoms with Crippen molar-refractivity contribution in [1.29, 1.82) is 0 Å². The fraction of sp³-hybridized carbons (Fsp3) is 0.625. The molecule has 0 radical (unpaired) electrons. The Hall–Kier alpha value is -0.570. The average Bonchev–Trinajstić information content (AvgIpc) is 2.39. The number of hydrogen-bond acceptors (Lipinski definition) is 2. The first-order valence-corrected chi connectivity index (χ1v) is 7.69. The molecule has 1 aromatic rings. The molecule has 1 aliphatic heterocycles. The maximum absolute atomic E-state index is 6.05. The molecule has 0 amide bonds. The Morgan fingerprint density at radius 1 is 1.21 bits per heavy atom. The molecule has 1 saturated heterocycles. The lowest BCUT2D eigenvalue weighted by atomic mass is 10.0. The zero-order valence-corrected chi connectivity index (χ0v) is 13.0. The van der Waals surface area contributed by atoms with E-state index in [0.29, 0.717) is 18.1 Å². The lowest BCUT2D eigenvalue weighted by Gasteiger charge is -2.36. The van der Waals surface area contributed by atoms with Gasteiger partial charge in [-0.1, -0.05) is 23.7 Å². The van der Waals surface area contributed by atoms with Crippen molar-refractivity contribution in [3.05, 3.63) is 34.9 Å². The predicted octanol–water partition coefficient (Wildman–Crippen LogP) is 3.86. The minimum absolute atomic E-state index is 0.370. The second-order valence-corrected chi connectivity index (χ2v) is 6.28. The van der Waals surface area contributed by atoms with Gasteiger partial charge in [0, 0.05) is 23.1 Å². The highest BCUT2D eigenvalue weighted by Gasteiger charge is 2.22. The highest BCUT2D eigenvalue weighted by Crippen LogP contribution is 2.20. The van der Waals surface area contributed by atoms with E-state index < -0.39 is 0 Å². The molecule has 0 aliphatic carbocycles. The van der Waals surface area contributed by atoms with Gasteiger partial charge in [-0.3, -0.25) is 0 Å². The summed E-state index contributed by atoms with van der Waals surface area (Å²) < 4.78 is 0. The topological polar surface area (TPSA) is 15.3 Å². The molecule has 1 N–H and O–H groups in total.